The van der Waals surface area contributed by atoms with Crippen molar-refractivity contribution in [3.63, 3.8) is 0 Å². The lowest BCUT2D eigenvalue weighted by molar-refractivity contribution is -0.0228. The van der Waals surface area contributed by atoms with Crippen molar-refractivity contribution in [3.05, 3.63) is 81.8 Å². The Morgan fingerprint density at radius 3 is 2.53 bits per heavy atom. The van der Waals surface area contributed by atoms with Crippen molar-refractivity contribution in [2.45, 2.75) is 25.9 Å². The van der Waals surface area contributed by atoms with Crippen molar-refractivity contribution < 1.29 is 13.9 Å². The molecule has 0 spiro atoms. The van der Waals surface area contributed by atoms with Crippen molar-refractivity contribution in [1.29, 1.82) is 0 Å². The minimum Gasteiger partial charge on any atom is -0.370 e. The fraction of sp³-hybridized carbons (Fsp3) is 0.304. The number of nitrogens with zero attached hydrogens (tertiary/aromatic N) is 3. The second-order valence-electron chi connectivity index (χ2n) is 7.65. The van der Waals surface area contributed by atoms with Gasteiger partial charge in [-0.15, -0.1) is 0 Å². The molecule has 3 aromatic rings. The van der Waals surface area contributed by atoms with E-state index in [2.05, 4.69) is 21.0 Å². The van der Waals surface area contributed by atoms with E-state index in [1.165, 1.54) is 12.1 Å². The molecule has 1 aliphatic rings. The molecule has 1 aliphatic heterocycles. The smallest absolute Gasteiger partial charge is 0.257 e. The molecule has 0 bridgehead atoms. The molecule has 1 aromatic heterocycles. The fourth-order valence-corrected chi connectivity index (χ4v) is 4.01. The summed E-state index contributed by atoms with van der Waals surface area (Å²) in [6.45, 7) is 5.55. The lowest BCUT2D eigenvalue weighted by atomic mass is 10.0. The van der Waals surface area contributed by atoms with Crippen molar-refractivity contribution in [1.82, 2.24) is 14.7 Å². The minimum atomic E-state index is -0.305. The molecule has 30 heavy (non-hydrogen) atoms. The van der Waals surface area contributed by atoms with Gasteiger partial charge in [-0.2, -0.15) is 5.10 Å². The Morgan fingerprint density at radius 2 is 1.87 bits per heavy atom. The molecule has 1 atom stereocenters. The number of benzene rings is 2. The summed E-state index contributed by atoms with van der Waals surface area (Å²) in [4.78, 5) is 15.2. The number of ether oxygens (including phenoxy) is 1. The lowest BCUT2D eigenvalue weighted by Gasteiger charge is -2.33. The largest absolute Gasteiger partial charge is 0.370 e. The fourth-order valence-electron chi connectivity index (χ4n) is 3.75. The first-order valence-electron chi connectivity index (χ1n) is 9.94. The number of hydrogen-bond acceptors (Lipinski definition) is 3. The number of aromatic nitrogens is 2. The topological polar surface area (TPSA) is 47.4 Å². The summed E-state index contributed by atoms with van der Waals surface area (Å²) in [6, 6.07) is 14.1. The monoisotopic (exact) mass is 471 g/mol. The predicted octanol–water partition coefficient (Wildman–Crippen LogP) is 5.11. The van der Waals surface area contributed by atoms with Crippen molar-refractivity contribution in [2.75, 3.05) is 19.7 Å². The molecule has 1 fully saturated rings. The summed E-state index contributed by atoms with van der Waals surface area (Å²) in [5, 5.41) is 4.45. The Balaban J connectivity index is 1.61. The highest BCUT2D eigenvalue weighted by molar-refractivity contribution is 9.10. The zero-order valence-corrected chi connectivity index (χ0v) is 18.5. The maximum Gasteiger partial charge on any atom is 0.257 e. The van der Waals surface area contributed by atoms with E-state index in [1.54, 1.807) is 23.0 Å². The Kier molecular flexibility index (Phi) is 6.01. The molecular weight excluding hydrogens is 449 g/mol. The summed E-state index contributed by atoms with van der Waals surface area (Å²) < 4.78 is 22.0. The maximum atomic E-state index is 13.4. The molecule has 7 heteroatoms. The van der Waals surface area contributed by atoms with Gasteiger partial charge in [-0.1, -0.05) is 41.9 Å². The molecule has 0 N–H and O–H groups in total. The van der Waals surface area contributed by atoms with Gasteiger partial charge in [0.1, 0.15) is 11.9 Å². The first kappa shape index (κ1) is 20.8. The second-order valence-corrected chi connectivity index (χ2v) is 8.56. The summed E-state index contributed by atoms with van der Waals surface area (Å²) in [6.07, 6.45) is 1.45. The minimum absolute atomic E-state index is 0.0579. The van der Waals surface area contributed by atoms with Crippen LogP contribution in [0.5, 0.6) is 0 Å². The van der Waals surface area contributed by atoms with E-state index >= 15 is 0 Å². The predicted molar refractivity (Wildman–Crippen MR) is 116 cm³/mol. The zero-order chi connectivity index (χ0) is 21.3. The van der Waals surface area contributed by atoms with Crippen LogP contribution in [-0.2, 0) is 4.74 Å². The van der Waals surface area contributed by atoms with Gasteiger partial charge in [0.25, 0.3) is 5.91 Å². The second kappa shape index (κ2) is 8.70. The first-order chi connectivity index (χ1) is 14.4. The van der Waals surface area contributed by atoms with Gasteiger partial charge in [-0.25, -0.2) is 9.07 Å². The van der Waals surface area contributed by atoms with Gasteiger partial charge >= 0.3 is 0 Å². The molecule has 1 unspecified atom stereocenters. The van der Waals surface area contributed by atoms with Crippen molar-refractivity contribution in [2.24, 2.45) is 0 Å². The molecule has 5 nitrogen and oxygen atoms in total. The molecular formula is C23H23BrFN3O2. The van der Waals surface area contributed by atoms with Crippen LogP contribution in [0.25, 0.3) is 5.69 Å². The Bertz CT molecular complexity index is 1030. The van der Waals surface area contributed by atoms with Crippen molar-refractivity contribution in [3.8, 4) is 5.69 Å². The summed E-state index contributed by atoms with van der Waals surface area (Å²) >= 11 is 3.45. The number of carbonyl (C=O) groups excluding carboxylic acids is 1. The molecule has 2 aromatic carbocycles. The third kappa shape index (κ3) is 4.18. The van der Waals surface area contributed by atoms with E-state index in [-0.39, 0.29) is 23.7 Å². The van der Waals surface area contributed by atoms with Crippen LogP contribution in [0.3, 0.4) is 0 Å². The van der Waals surface area contributed by atoms with Crippen LogP contribution in [0.1, 0.15) is 47.5 Å². The Morgan fingerprint density at radius 1 is 1.17 bits per heavy atom. The molecule has 2 heterocycles. The molecule has 4 rings (SSSR count). The van der Waals surface area contributed by atoms with E-state index in [0.29, 0.717) is 25.3 Å². The average molecular weight is 472 g/mol. The Labute approximate surface area is 183 Å². The van der Waals surface area contributed by atoms with Gasteiger partial charge in [0, 0.05) is 11.0 Å². The van der Waals surface area contributed by atoms with Gasteiger partial charge in [-0.05, 0) is 47.9 Å². The summed E-state index contributed by atoms with van der Waals surface area (Å²) in [5.74, 6) is -0.294. The number of halogens is 2. The van der Waals surface area contributed by atoms with Crippen LogP contribution >= 0.6 is 15.9 Å². The zero-order valence-electron chi connectivity index (χ0n) is 16.9. The highest BCUT2D eigenvalue weighted by atomic mass is 79.9. The van der Waals surface area contributed by atoms with Gasteiger partial charge in [0.15, 0.2) is 0 Å². The highest BCUT2D eigenvalue weighted by Crippen LogP contribution is 2.28. The maximum absolute atomic E-state index is 13.4. The SMILES string of the molecule is CC(C)c1c(C(=O)N2CCOC(c3ccc(Br)cc3)C2)cnn1-c1ccc(F)cc1. The van der Waals surface area contributed by atoms with E-state index in [1.807, 2.05) is 43.0 Å². The van der Waals surface area contributed by atoms with Crippen LogP contribution in [-0.4, -0.2) is 40.3 Å². The number of rotatable bonds is 4. The lowest BCUT2D eigenvalue weighted by Crippen LogP contribution is -2.42. The van der Waals surface area contributed by atoms with E-state index in [0.717, 1.165) is 21.4 Å². The average Bonchev–Trinajstić information content (AvgIpc) is 3.20. The molecule has 0 radical (unpaired) electrons. The normalized spacial score (nSPS) is 16.8. The van der Waals surface area contributed by atoms with E-state index in [4.69, 9.17) is 4.74 Å². The third-order valence-corrected chi connectivity index (χ3v) is 5.78. The van der Waals surface area contributed by atoms with Crippen LogP contribution in [0.2, 0.25) is 0 Å². The standard InChI is InChI=1S/C23H23BrFN3O2/c1-15(2)22-20(13-26-28(22)19-9-7-18(25)8-10-19)23(29)27-11-12-30-21(14-27)16-3-5-17(24)6-4-16/h3-10,13,15,21H,11-12,14H2,1-2H3. The van der Waals surface area contributed by atoms with Crippen LogP contribution in [0.4, 0.5) is 4.39 Å². The highest BCUT2D eigenvalue weighted by Gasteiger charge is 2.30. The van der Waals surface area contributed by atoms with Crippen LogP contribution in [0.15, 0.2) is 59.2 Å². The number of morpholine rings is 1. The van der Waals surface area contributed by atoms with Gasteiger partial charge in [0.2, 0.25) is 0 Å². The quantitative estimate of drug-likeness (QED) is 0.530. The number of carbonyl (C=O) groups is 1. The molecule has 0 saturated carbocycles. The molecule has 156 valence electrons. The summed E-state index contributed by atoms with van der Waals surface area (Å²) in [5.41, 5.74) is 3.17. The number of hydrogen-bond donors (Lipinski definition) is 0. The van der Waals surface area contributed by atoms with Crippen LogP contribution < -0.4 is 0 Å². The molecule has 0 aliphatic carbocycles. The van der Waals surface area contributed by atoms with Gasteiger partial charge in [-0.3, -0.25) is 4.79 Å². The third-order valence-electron chi connectivity index (χ3n) is 5.25. The molecule has 1 saturated heterocycles. The number of amides is 1. The van der Waals surface area contributed by atoms with Gasteiger partial charge in [0.05, 0.1) is 36.3 Å². The van der Waals surface area contributed by atoms with E-state index < -0.39 is 0 Å². The van der Waals surface area contributed by atoms with E-state index in [9.17, 15) is 9.18 Å². The first-order valence-corrected chi connectivity index (χ1v) is 10.7. The van der Waals surface area contributed by atoms with Gasteiger partial charge < -0.3 is 9.64 Å². The summed E-state index contributed by atoms with van der Waals surface area (Å²) in [7, 11) is 0. The molecule has 1 amide bonds. The van der Waals surface area contributed by atoms with Crippen LogP contribution in [0, 0.1) is 5.82 Å². The van der Waals surface area contributed by atoms with Crippen molar-refractivity contribution >= 4 is 21.8 Å². The Hall–Kier alpha value is -2.51.